The number of ether oxygens (including phenoxy) is 2. The number of hydrogen-bond acceptors (Lipinski definition) is 4. The van der Waals surface area contributed by atoms with Crippen molar-refractivity contribution < 1.29 is 14.3 Å². The van der Waals surface area contributed by atoms with Gasteiger partial charge in [-0.2, -0.15) is 0 Å². The Balaban J connectivity index is 1.49. The second kappa shape index (κ2) is 9.49. The van der Waals surface area contributed by atoms with Crippen LogP contribution in [0.15, 0.2) is 48.5 Å². The van der Waals surface area contributed by atoms with Crippen LogP contribution in [0.4, 0.5) is 5.69 Å². The molecule has 0 radical (unpaired) electrons. The Labute approximate surface area is 167 Å². The minimum Gasteiger partial charge on any atom is -0.497 e. The fourth-order valence-electron chi connectivity index (χ4n) is 3.45. The Hall–Kier alpha value is -2.69. The van der Waals surface area contributed by atoms with Gasteiger partial charge in [0.25, 0.3) is 5.91 Å². The van der Waals surface area contributed by atoms with E-state index in [2.05, 4.69) is 41.4 Å². The van der Waals surface area contributed by atoms with Crippen LogP contribution in [0.2, 0.25) is 0 Å². The molecule has 0 aliphatic carbocycles. The van der Waals surface area contributed by atoms with E-state index in [-0.39, 0.29) is 18.6 Å². The minimum absolute atomic E-state index is 0.0262. The predicted molar refractivity (Wildman–Crippen MR) is 112 cm³/mol. The van der Waals surface area contributed by atoms with E-state index in [4.69, 9.17) is 9.47 Å². The van der Waals surface area contributed by atoms with Crippen LogP contribution in [0.5, 0.6) is 11.5 Å². The van der Waals surface area contributed by atoms with Gasteiger partial charge in [0.15, 0.2) is 6.61 Å². The molecule has 5 heteroatoms. The summed E-state index contributed by atoms with van der Waals surface area (Å²) in [6, 6.07) is 15.7. The maximum atomic E-state index is 12.2. The quantitative estimate of drug-likeness (QED) is 0.780. The fourth-order valence-corrected chi connectivity index (χ4v) is 3.45. The van der Waals surface area contributed by atoms with E-state index >= 15 is 0 Å². The average Bonchev–Trinajstić information content (AvgIpc) is 2.73. The van der Waals surface area contributed by atoms with Crippen molar-refractivity contribution in [3.8, 4) is 11.5 Å². The zero-order valence-corrected chi connectivity index (χ0v) is 17.0. The summed E-state index contributed by atoms with van der Waals surface area (Å²) in [5, 5.41) is 2.99. The number of carbonyl (C=O) groups is 1. The van der Waals surface area contributed by atoms with Crippen molar-refractivity contribution in [1.29, 1.82) is 0 Å². The SMILES string of the molecule is COc1cccc(OCC(=O)N[C@H](C)c2ccc(N3CCC(C)CC3)cc2)c1. The third-order valence-corrected chi connectivity index (χ3v) is 5.33. The highest BCUT2D eigenvalue weighted by molar-refractivity contribution is 5.78. The van der Waals surface area contributed by atoms with Gasteiger partial charge >= 0.3 is 0 Å². The topological polar surface area (TPSA) is 50.8 Å². The summed E-state index contributed by atoms with van der Waals surface area (Å²) < 4.78 is 10.7. The molecule has 2 aromatic rings. The van der Waals surface area contributed by atoms with E-state index in [1.165, 1.54) is 18.5 Å². The number of benzene rings is 2. The number of hydrogen-bond donors (Lipinski definition) is 1. The van der Waals surface area contributed by atoms with Crippen LogP contribution in [0.3, 0.4) is 0 Å². The van der Waals surface area contributed by atoms with Gasteiger partial charge in [0.05, 0.1) is 13.2 Å². The highest BCUT2D eigenvalue weighted by atomic mass is 16.5. The van der Waals surface area contributed by atoms with E-state index in [0.29, 0.717) is 11.5 Å². The largest absolute Gasteiger partial charge is 0.497 e. The Kier molecular flexibility index (Phi) is 6.80. The Morgan fingerprint density at radius 1 is 1.14 bits per heavy atom. The summed E-state index contributed by atoms with van der Waals surface area (Å²) in [5.74, 6) is 1.99. The zero-order chi connectivity index (χ0) is 19.9. The lowest BCUT2D eigenvalue weighted by atomic mass is 9.98. The highest BCUT2D eigenvalue weighted by Crippen LogP contribution is 2.24. The molecular weight excluding hydrogens is 352 g/mol. The second-order valence-corrected chi connectivity index (χ2v) is 7.52. The summed E-state index contributed by atoms with van der Waals surface area (Å²) in [4.78, 5) is 14.7. The lowest BCUT2D eigenvalue weighted by Gasteiger charge is -2.32. The molecule has 1 aliphatic heterocycles. The third-order valence-electron chi connectivity index (χ3n) is 5.33. The molecule has 2 aromatic carbocycles. The van der Waals surface area contributed by atoms with Gasteiger partial charge in [-0.05, 0) is 55.5 Å². The van der Waals surface area contributed by atoms with Crippen LogP contribution < -0.4 is 19.7 Å². The molecule has 5 nitrogen and oxygen atoms in total. The molecule has 0 saturated carbocycles. The predicted octanol–water partition coefficient (Wildman–Crippen LogP) is 4.19. The number of anilines is 1. The standard InChI is InChI=1S/C23H30N2O3/c1-17-11-13-25(14-12-17)20-9-7-19(8-10-20)18(2)24-23(26)16-28-22-6-4-5-21(15-22)27-3/h4-10,15,17-18H,11-14,16H2,1-3H3,(H,24,26)/t18-/m1/s1. The van der Waals surface area contributed by atoms with Crippen LogP contribution in [-0.4, -0.2) is 32.7 Å². The van der Waals surface area contributed by atoms with E-state index in [0.717, 1.165) is 24.6 Å². The Morgan fingerprint density at radius 3 is 2.50 bits per heavy atom. The van der Waals surface area contributed by atoms with Gasteiger partial charge in [0.1, 0.15) is 11.5 Å². The van der Waals surface area contributed by atoms with E-state index < -0.39 is 0 Å². The van der Waals surface area contributed by atoms with Gasteiger partial charge in [-0.25, -0.2) is 0 Å². The van der Waals surface area contributed by atoms with Gasteiger partial charge in [-0.1, -0.05) is 25.1 Å². The van der Waals surface area contributed by atoms with Crippen molar-refractivity contribution in [2.45, 2.75) is 32.7 Å². The van der Waals surface area contributed by atoms with Gasteiger partial charge in [0, 0.05) is 24.8 Å². The normalized spacial score (nSPS) is 15.8. The molecule has 0 aromatic heterocycles. The summed E-state index contributed by atoms with van der Waals surface area (Å²) in [7, 11) is 1.60. The lowest BCUT2D eigenvalue weighted by molar-refractivity contribution is -0.123. The first-order valence-corrected chi connectivity index (χ1v) is 9.96. The smallest absolute Gasteiger partial charge is 0.258 e. The molecule has 150 valence electrons. The van der Waals surface area contributed by atoms with Crippen LogP contribution in [0, 0.1) is 5.92 Å². The maximum absolute atomic E-state index is 12.2. The molecule has 1 fully saturated rings. The molecule has 0 unspecified atom stereocenters. The molecule has 1 N–H and O–H groups in total. The van der Waals surface area contributed by atoms with Crippen LogP contribution >= 0.6 is 0 Å². The summed E-state index contributed by atoms with van der Waals surface area (Å²) in [6.07, 6.45) is 2.50. The minimum atomic E-state index is -0.149. The Morgan fingerprint density at radius 2 is 1.82 bits per heavy atom. The van der Waals surface area contributed by atoms with Crippen molar-refractivity contribution >= 4 is 11.6 Å². The molecule has 1 aliphatic rings. The van der Waals surface area contributed by atoms with Crippen LogP contribution in [0.25, 0.3) is 0 Å². The van der Waals surface area contributed by atoms with Crippen molar-refractivity contribution in [2.75, 3.05) is 31.7 Å². The average molecular weight is 383 g/mol. The first kappa shape index (κ1) is 20.1. The number of nitrogens with one attached hydrogen (secondary N) is 1. The fraction of sp³-hybridized carbons (Fsp3) is 0.435. The number of nitrogens with zero attached hydrogens (tertiary/aromatic N) is 1. The molecule has 1 saturated heterocycles. The molecular formula is C23H30N2O3. The number of rotatable bonds is 7. The van der Waals surface area contributed by atoms with Crippen LogP contribution in [-0.2, 0) is 4.79 Å². The summed E-state index contributed by atoms with van der Waals surface area (Å²) >= 11 is 0. The monoisotopic (exact) mass is 382 g/mol. The third kappa shape index (κ3) is 5.41. The van der Waals surface area contributed by atoms with Crippen molar-refractivity contribution in [3.05, 3.63) is 54.1 Å². The number of piperidine rings is 1. The molecule has 28 heavy (non-hydrogen) atoms. The number of amides is 1. The van der Waals surface area contributed by atoms with Crippen molar-refractivity contribution in [1.82, 2.24) is 5.32 Å². The molecule has 3 rings (SSSR count). The van der Waals surface area contributed by atoms with Gasteiger partial charge in [-0.15, -0.1) is 0 Å². The Bertz CT molecular complexity index is 768. The number of carbonyl (C=O) groups excluding carboxylic acids is 1. The first-order chi connectivity index (χ1) is 13.5. The second-order valence-electron chi connectivity index (χ2n) is 7.52. The lowest BCUT2D eigenvalue weighted by Crippen LogP contribution is -2.33. The van der Waals surface area contributed by atoms with Crippen molar-refractivity contribution in [2.24, 2.45) is 5.92 Å². The highest BCUT2D eigenvalue weighted by Gasteiger charge is 2.16. The molecule has 1 amide bonds. The van der Waals surface area contributed by atoms with E-state index in [1.54, 1.807) is 19.2 Å². The molecule has 0 spiro atoms. The summed E-state index contributed by atoms with van der Waals surface area (Å²) in [6.45, 7) is 6.52. The number of methoxy groups -OCH3 is 1. The van der Waals surface area contributed by atoms with E-state index in [1.807, 2.05) is 19.1 Å². The van der Waals surface area contributed by atoms with Crippen molar-refractivity contribution in [3.63, 3.8) is 0 Å². The van der Waals surface area contributed by atoms with E-state index in [9.17, 15) is 4.79 Å². The van der Waals surface area contributed by atoms with Gasteiger partial charge in [0.2, 0.25) is 0 Å². The van der Waals surface area contributed by atoms with Gasteiger partial charge < -0.3 is 19.7 Å². The van der Waals surface area contributed by atoms with Gasteiger partial charge in [-0.3, -0.25) is 4.79 Å². The molecule has 1 atom stereocenters. The summed E-state index contributed by atoms with van der Waals surface area (Å²) in [5.41, 5.74) is 2.35. The maximum Gasteiger partial charge on any atom is 0.258 e. The van der Waals surface area contributed by atoms with Crippen LogP contribution in [0.1, 0.15) is 38.3 Å². The zero-order valence-electron chi connectivity index (χ0n) is 17.0. The first-order valence-electron chi connectivity index (χ1n) is 9.96. The molecule has 1 heterocycles. The molecule has 0 bridgehead atoms.